The number of nitrogens with zero attached hydrogens (tertiary/aromatic N) is 2. The van der Waals surface area contributed by atoms with Crippen LogP contribution < -0.4 is 9.67 Å². The number of benzene rings is 1. The maximum absolute atomic E-state index is 10.5. The second-order valence-electron chi connectivity index (χ2n) is 4.96. The fourth-order valence-electron chi connectivity index (χ4n) is 1.75. The summed E-state index contributed by atoms with van der Waals surface area (Å²) in [6.45, 7) is 4.28. The van der Waals surface area contributed by atoms with Gasteiger partial charge in [-0.05, 0) is 25.5 Å². The van der Waals surface area contributed by atoms with Gasteiger partial charge in [-0.15, -0.1) is 0 Å². The molecule has 0 aliphatic heterocycles. The Morgan fingerprint density at radius 1 is 1.12 bits per heavy atom. The van der Waals surface area contributed by atoms with E-state index in [4.69, 9.17) is 20.1 Å². The van der Waals surface area contributed by atoms with E-state index in [2.05, 4.69) is 34.8 Å². The van der Waals surface area contributed by atoms with Gasteiger partial charge in [0.2, 0.25) is 6.33 Å². The first-order chi connectivity index (χ1) is 11.7. The Kier molecular flexibility index (Phi) is 9.95. The third-order valence-corrected chi connectivity index (χ3v) is 2.69. The van der Waals surface area contributed by atoms with Gasteiger partial charge in [0.05, 0.1) is 24.7 Å². The van der Waals surface area contributed by atoms with Crippen molar-refractivity contribution in [2.75, 3.05) is 0 Å². The number of hydrogen-bond acceptors (Lipinski definition) is 4. The zero-order valence-electron chi connectivity index (χ0n) is 14.4. The molecule has 1 heterocycles. The Morgan fingerprint density at radius 2 is 1.56 bits per heavy atom. The average Bonchev–Trinajstić information content (AvgIpc) is 2.93. The zero-order chi connectivity index (χ0) is 19.4. The third kappa shape index (κ3) is 9.54. The number of hydrogen-bond donors (Lipinski definition) is 2. The molecule has 0 aliphatic carbocycles. The van der Waals surface area contributed by atoms with E-state index in [0.29, 0.717) is 0 Å². The highest BCUT2D eigenvalue weighted by Gasteiger charge is 2.13. The molecule has 8 heteroatoms. The van der Waals surface area contributed by atoms with Crippen LogP contribution in [0, 0.1) is 0 Å². The van der Waals surface area contributed by atoms with E-state index < -0.39 is 17.9 Å². The third-order valence-electron chi connectivity index (χ3n) is 2.69. The van der Waals surface area contributed by atoms with Crippen LogP contribution >= 0.6 is 0 Å². The predicted octanol–water partition coefficient (Wildman–Crippen LogP) is 0.562. The van der Waals surface area contributed by atoms with Gasteiger partial charge in [0.1, 0.15) is 12.4 Å². The molecule has 1 aromatic heterocycles. The summed E-state index contributed by atoms with van der Waals surface area (Å²) in [5.41, 5.74) is -0.380. The molecule has 0 unspecified atom stereocenters. The van der Waals surface area contributed by atoms with Gasteiger partial charge in [-0.1, -0.05) is 19.1 Å². The molecule has 2 rings (SSSR count). The van der Waals surface area contributed by atoms with Crippen molar-refractivity contribution in [1.82, 2.24) is 4.57 Å². The van der Waals surface area contributed by atoms with E-state index in [0.717, 1.165) is 13.5 Å². The maximum atomic E-state index is 10.5. The van der Waals surface area contributed by atoms with Gasteiger partial charge in [0, 0.05) is 5.97 Å². The van der Waals surface area contributed by atoms with Gasteiger partial charge in [-0.25, -0.2) is 18.7 Å². The molecule has 0 radical (unpaired) electrons. The van der Waals surface area contributed by atoms with Crippen LogP contribution in [0.4, 0.5) is 0 Å². The van der Waals surface area contributed by atoms with Crippen molar-refractivity contribution in [3.8, 4) is 0 Å². The van der Waals surface area contributed by atoms with Crippen molar-refractivity contribution in [2.24, 2.45) is 7.05 Å². The molecule has 0 amide bonds. The van der Waals surface area contributed by atoms with E-state index in [1.165, 1.54) is 30.7 Å². The first-order valence-electron chi connectivity index (χ1n) is 7.43. The highest BCUT2D eigenvalue weighted by molar-refractivity contribution is 6.01. The lowest BCUT2D eigenvalue weighted by atomic mass is 10.1. The van der Waals surface area contributed by atoms with Gasteiger partial charge in [-0.3, -0.25) is 0 Å². The molecule has 2 N–H and O–H groups in total. The molecule has 0 fully saturated rings. The van der Waals surface area contributed by atoms with Crippen molar-refractivity contribution in [3.63, 3.8) is 0 Å². The topological polar surface area (TPSA) is 124 Å². The lowest BCUT2D eigenvalue weighted by molar-refractivity contribution is -0.696. The van der Waals surface area contributed by atoms with Gasteiger partial charge in [0.15, 0.2) is 0 Å². The van der Waals surface area contributed by atoms with Crippen LogP contribution in [-0.4, -0.2) is 32.7 Å². The smallest absolute Gasteiger partial charge is 0.336 e. The number of imidazole rings is 1. The normalized spacial score (nSPS) is 9.08. The fourth-order valence-corrected chi connectivity index (χ4v) is 1.75. The van der Waals surface area contributed by atoms with Crippen molar-refractivity contribution >= 4 is 17.9 Å². The molecular weight excluding hydrogens is 328 g/mol. The number of carbonyl (C=O) groups excluding carboxylic acids is 1. The van der Waals surface area contributed by atoms with Crippen LogP contribution in [0.15, 0.2) is 43.0 Å². The van der Waals surface area contributed by atoms with E-state index in [9.17, 15) is 9.59 Å². The first kappa shape index (κ1) is 21.8. The van der Waals surface area contributed by atoms with E-state index in [1.807, 2.05) is 7.05 Å². The van der Waals surface area contributed by atoms with Crippen molar-refractivity contribution in [2.45, 2.75) is 26.8 Å². The maximum Gasteiger partial charge on any atom is 0.336 e. The Hall–Kier alpha value is -3.16. The van der Waals surface area contributed by atoms with Gasteiger partial charge >= 0.3 is 11.9 Å². The second-order valence-corrected chi connectivity index (χ2v) is 4.96. The lowest BCUT2D eigenvalue weighted by Crippen LogP contribution is -2.30. The van der Waals surface area contributed by atoms with Crippen LogP contribution in [-0.2, 0) is 18.4 Å². The summed E-state index contributed by atoms with van der Waals surface area (Å²) in [7, 11) is 2.03. The molecule has 0 atom stereocenters. The van der Waals surface area contributed by atoms with Crippen LogP contribution in [0.3, 0.4) is 0 Å². The molecular formula is C17H22N2O6. The van der Waals surface area contributed by atoms with E-state index >= 15 is 0 Å². The highest BCUT2D eigenvalue weighted by Crippen LogP contribution is 2.07. The Bertz CT molecular complexity index is 672. The molecule has 0 saturated heterocycles. The minimum atomic E-state index is -1.23. The Labute approximate surface area is 145 Å². The number of carboxylic acids is 3. The summed E-state index contributed by atoms with van der Waals surface area (Å²) in [5, 5.41) is 26.0. The number of aromatic carboxylic acids is 2. The van der Waals surface area contributed by atoms with Crippen molar-refractivity contribution in [3.05, 3.63) is 54.1 Å². The number of aromatic nitrogens is 2. The summed E-state index contributed by atoms with van der Waals surface area (Å²) >= 11 is 0. The fraction of sp³-hybridized carbons (Fsp3) is 0.294. The number of aryl methyl sites for hydroxylation is 2. The molecule has 2 aromatic rings. The van der Waals surface area contributed by atoms with Crippen LogP contribution in [0.1, 0.15) is 41.0 Å². The Balaban J connectivity index is 0.000000391. The first-order valence-corrected chi connectivity index (χ1v) is 7.43. The largest absolute Gasteiger partial charge is 0.550 e. The number of rotatable bonds is 4. The minimum absolute atomic E-state index is 0.190. The average molecular weight is 350 g/mol. The number of carbonyl (C=O) groups is 3. The SMILES string of the molecule is CC(=O)[O-].CCC[n+]1ccn(C)c1.O=C(O)c1ccccc1C(=O)O. The standard InChI is InChI=1S/C8H6O4.C7H13N2.C2H4O2/c9-7(10)5-3-1-2-4-6(5)8(11)12;1-3-4-9-6-5-8(2)7-9;1-2(3)4/h1-4H,(H,9,10)(H,11,12);5-7H,3-4H2,1-2H3;1H3,(H,3,4)/q;+1;/p-1. The number of aliphatic carboxylic acids is 1. The molecule has 136 valence electrons. The molecule has 8 nitrogen and oxygen atoms in total. The lowest BCUT2D eigenvalue weighted by Gasteiger charge is -1.98. The molecule has 0 aliphatic rings. The zero-order valence-corrected chi connectivity index (χ0v) is 14.4. The van der Waals surface area contributed by atoms with Gasteiger partial charge in [0.25, 0.3) is 0 Å². The molecule has 0 saturated carbocycles. The molecule has 0 spiro atoms. The summed E-state index contributed by atoms with van der Waals surface area (Å²) < 4.78 is 4.23. The van der Waals surface area contributed by atoms with E-state index in [-0.39, 0.29) is 11.1 Å². The molecule has 25 heavy (non-hydrogen) atoms. The molecule has 0 bridgehead atoms. The summed E-state index contributed by atoms with van der Waals surface area (Å²) in [5.74, 6) is -3.54. The van der Waals surface area contributed by atoms with Crippen molar-refractivity contribution < 1.29 is 34.3 Å². The summed E-state index contributed by atoms with van der Waals surface area (Å²) in [6, 6.07) is 5.48. The van der Waals surface area contributed by atoms with E-state index in [1.54, 1.807) is 0 Å². The second kappa shape index (κ2) is 11.4. The monoisotopic (exact) mass is 350 g/mol. The Morgan fingerprint density at radius 3 is 1.84 bits per heavy atom. The van der Waals surface area contributed by atoms with Crippen molar-refractivity contribution in [1.29, 1.82) is 0 Å². The number of carboxylic acid groups (broad SMARTS) is 3. The molecule has 1 aromatic carbocycles. The predicted molar refractivity (Wildman–Crippen MR) is 86.9 cm³/mol. The van der Waals surface area contributed by atoms with Crippen LogP contribution in [0.5, 0.6) is 0 Å². The highest BCUT2D eigenvalue weighted by atomic mass is 16.4. The van der Waals surface area contributed by atoms with Crippen LogP contribution in [0.25, 0.3) is 0 Å². The quantitative estimate of drug-likeness (QED) is 0.777. The summed E-state index contributed by atoms with van der Waals surface area (Å²) in [6.07, 6.45) is 7.43. The van der Waals surface area contributed by atoms with Gasteiger partial charge in [-0.2, -0.15) is 0 Å². The summed E-state index contributed by atoms with van der Waals surface area (Å²) in [4.78, 5) is 29.8. The minimum Gasteiger partial charge on any atom is -0.550 e. The van der Waals surface area contributed by atoms with Crippen LogP contribution in [0.2, 0.25) is 0 Å². The van der Waals surface area contributed by atoms with Gasteiger partial charge < -0.3 is 20.1 Å².